The Morgan fingerprint density at radius 3 is 2.84 bits per heavy atom. The second-order valence-electron chi connectivity index (χ2n) is 4.27. The highest BCUT2D eigenvalue weighted by molar-refractivity contribution is 7.16. The molecule has 1 unspecified atom stereocenters. The van der Waals surface area contributed by atoms with Crippen LogP contribution < -0.4 is 5.56 Å². The molecule has 2 aromatic heterocycles. The van der Waals surface area contributed by atoms with Gasteiger partial charge in [-0.1, -0.05) is 30.3 Å². The topological polar surface area (TPSA) is 55.1 Å². The number of thiophene rings is 1. The maximum Gasteiger partial charge on any atom is 0.262 e. The summed E-state index contributed by atoms with van der Waals surface area (Å²) in [6.45, 7) is 0.210. The number of rotatable bonds is 3. The molecular formula is C14H12N2O2S. The number of hydrogen-bond acceptors (Lipinski definition) is 4. The third-order valence-electron chi connectivity index (χ3n) is 3.00. The van der Waals surface area contributed by atoms with Gasteiger partial charge < -0.3 is 5.11 Å². The first-order valence-corrected chi connectivity index (χ1v) is 6.79. The predicted molar refractivity (Wildman–Crippen MR) is 75.3 cm³/mol. The molecule has 0 bridgehead atoms. The van der Waals surface area contributed by atoms with Gasteiger partial charge in [0.2, 0.25) is 0 Å². The zero-order valence-corrected chi connectivity index (χ0v) is 10.9. The van der Waals surface area contributed by atoms with Crippen LogP contribution in [0.2, 0.25) is 0 Å². The first-order chi connectivity index (χ1) is 9.25. The maximum absolute atomic E-state index is 12.2. The normalized spacial score (nSPS) is 12.7. The van der Waals surface area contributed by atoms with Crippen molar-refractivity contribution in [3.8, 4) is 0 Å². The molecule has 0 aliphatic heterocycles. The summed E-state index contributed by atoms with van der Waals surface area (Å²) in [6.07, 6.45) is 0.782. The Kier molecular flexibility index (Phi) is 3.15. The number of aromatic nitrogens is 2. The van der Waals surface area contributed by atoms with Crippen LogP contribution in [0.5, 0.6) is 0 Å². The Morgan fingerprint density at radius 2 is 2.05 bits per heavy atom. The van der Waals surface area contributed by atoms with Crippen LogP contribution in [0.15, 0.2) is 52.9 Å². The number of aliphatic hydroxyl groups is 1. The van der Waals surface area contributed by atoms with Gasteiger partial charge in [0.15, 0.2) is 0 Å². The van der Waals surface area contributed by atoms with Crippen LogP contribution in [0, 0.1) is 0 Å². The number of benzene rings is 1. The number of fused-ring (bicyclic) bond motifs is 1. The van der Waals surface area contributed by atoms with Gasteiger partial charge >= 0.3 is 0 Å². The molecule has 3 rings (SSSR count). The van der Waals surface area contributed by atoms with E-state index in [9.17, 15) is 9.90 Å². The van der Waals surface area contributed by atoms with Crippen molar-refractivity contribution < 1.29 is 5.11 Å². The van der Waals surface area contributed by atoms with E-state index in [1.807, 2.05) is 35.7 Å². The van der Waals surface area contributed by atoms with Crippen LogP contribution >= 0.6 is 11.3 Å². The van der Waals surface area contributed by atoms with Gasteiger partial charge in [0, 0.05) is 0 Å². The zero-order chi connectivity index (χ0) is 13.2. The van der Waals surface area contributed by atoms with Gasteiger partial charge in [-0.25, -0.2) is 4.98 Å². The second-order valence-corrected chi connectivity index (χ2v) is 5.16. The van der Waals surface area contributed by atoms with E-state index in [0.717, 1.165) is 10.4 Å². The van der Waals surface area contributed by atoms with Crippen molar-refractivity contribution in [1.29, 1.82) is 0 Å². The van der Waals surface area contributed by atoms with Crippen molar-refractivity contribution >= 4 is 21.6 Å². The minimum Gasteiger partial charge on any atom is -0.387 e. The van der Waals surface area contributed by atoms with Crippen LogP contribution in [0.25, 0.3) is 10.2 Å². The van der Waals surface area contributed by atoms with Gasteiger partial charge in [0.05, 0.1) is 24.4 Å². The van der Waals surface area contributed by atoms with Gasteiger partial charge in [0.25, 0.3) is 5.56 Å². The first-order valence-electron chi connectivity index (χ1n) is 5.91. The van der Waals surface area contributed by atoms with Crippen LogP contribution in [-0.4, -0.2) is 14.7 Å². The van der Waals surface area contributed by atoms with Crippen molar-refractivity contribution in [2.24, 2.45) is 0 Å². The predicted octanol–water partition coefficient (Wildman–Crippen LogP) is 2.19. The molecule has 0 fully saturated rings. The summed E-state index contributed by atoms with van der Waals surface area (Å²) < 4.78 is 1.45. The standard InChI is InChI=1S/C14H12N2O2S/c17-12(10-4-2-1-3-5-10)8-16-9-15-13-11(14(16)18)6-7-19-13/h1-7,9,12,17H,8H2. The largest absolute Gasteiger partial charge is 0.387 e. The summed E-state index contributed by atoms with van der Waals surface area (Å²) in [5, 5.41) is 12.6. The van der Waals surface area contributed by atoms with Gasteiger partial charge in [-0.05, 0) is 17.0 Å². The third-order valence-corrected chi connectivity index (χ3v) is 3.83. The summed E-state index contributed by atoms with van der Waals surface area (Å²) in [5.74, 6) is 0. The van der Waals surface area contributed by atoms with Gasteiger partial charge in [0.1, 0.15) is 4.83 Å². The molecule has 0 amide bonds. The summed E-state index contributed by atoms with van der Waals surface area (Å²) >= 11 is 1.44. The van der Waals surface area contributed by atoms with Crippen molar-refractivity contribution in [3.05, 3.63) is 64.0 Å². The van der Waals surface area contributed by atoms with E-state index in [-0.39, 0.29) is 12.1 Å². The van der Waals surface area contributed by atoms with Gasteiger partial charge in [-0.3, -0.25) is 9.36 Å². The molecule has 0 radical (unpaired) electrons. The highest BCUT2D eigenvalue weighted by Gasteiger charge is 2.11. The maximum atomic E-state index is 12.2. The zero-order valence-electron chi connectivity index (χ0n) is 10.1. The Bertz CT molecular complexity index is 749. The second kappa shape index (κ2) is 4.95. The molecule has 0 aliphatic rings. The monoisotopic (exact) mass is 272 g/mol. The average Bonchev–Trinajstić information content (AvgIpc) is 2.92. The molecule has 2 heterocycles. The Labute approximate surface area is 113 Å². The van der Waals surface area contributed by atoms with Crippen LogP contribution in [-0.2, 0) is 6.54 Å². The molecule has 0 saturated heterocycles. The summed E-state index contributed by atoms with van der Waals surface area (Å²) in [7, 11) is 0. The first kappa shape index (κ1) is 12.1. The molecule has 1 atom stereocenters. The molecule has 5 heteroatoms. The van der Waals surface area contributed by atoms with Gasteiger partial charge in [-0.15, -0.1) is 11.3 Å². The number of aliphatic hydroxyl groups excluding tert-OH is 1. The van der Waals surface area contributed by atoms with Crippen LogP contribution in [0.1, 0.15) is 11.7 Å². The number of nitrogens with zero attached hydrogens (tertiary/aromatic N) is 2. The van der Waals surface area contributed by atoms with E-state index in [4.69, 9.17) is 0 Å². The molecule has 0 saturated carbocycles. The van der Waals surface area contributed by atoms with Gasteiger partial charge in [-0.2, -0.15) is 0 Å². The van der Waals surface area contributed by atoms with E-state index < -0.39 is 6.10 Å². The number of hydrogen-bond donors (Lipinski definition) is 1. The van der Waals surface area contributed by atoms with Crippen molar-refractivity contribution in [1.82, 2.24) is 9.55 Å². The molecule has 3 aromatic rings. The Balaban J connectivity index is 1.93. The molecule has 1 N–H and O–H groups in total. The lowest BCUT2D eigenvalue weighted by Crippen LogP contribution is -2.23. The Hall–Kier alpha value is -1.98. The van der Waals surface area contributed by atoms with Crippen molar-refractivity contribution in [2.45, 2.75) is 12.6 Å². The van der Waals surface area contributed by atoms with E-state index in [0.29, 0.717) is 5.39 Å². The fraction of sp³-hybridized carbons (Fsp3) is 0.143. The molecule has 4 nitrogen and oxygen atoms in total. The quantitative estimate of drug-likeness (QED) is 0.795. The average molecular weight is 272 g/mol. The lowest BCUT2D eigenvalue weighted by Gasteiger charge is -2.12. The molecule has 0 spiro atoms. The highest BCUT2D eigenvalue weighted by atomic mass is 32.1. The fourth-order valence-electron chi connectivity index (χ4n) is 1.99. The van der Waals surface area contributed by atoms with Crippen molar-refractivity contribution in [3.63, 3.8) is 0 Å². The molecule has 0 aliphatic carbocycles. The van der Waals surface area contributed by atoms with Crippen LogP contribution in [0.3, 0.4) is 0 Å². The smallest absolute Gasteiger partial charge is 0.262 e. The summed E-state index contributed by atoms with van der Waals surface area (Å²) in [4.78, 5) is 17.1. The molecule has 96 valence electrons. The summed E-state index contributed by atoms with van der Waals surface area (Å²) in [5.41, 5.74) is 0.682. The minimum atomic E-state index is -0.711. The van der Waals surface area contributed by atoms with E-state index in [1.165, 1.54) is 22.2 Å². The SMILES string of the molecule is O=c1c2ccsc2ncn1CC(O)c1ccccc1. The molecule has 1 aromatic carbocycles. The van der Waals surface area contributed by atoms with Crippen LogP contribution in [0.4, 0.5) is 0 Å². The lowest BCUT2D eigenvalue weighted by atomic mass is 10.1. The highest BCUT2D eigenvalue weighted by Crippen LogP contribution is 2.16. The lowest BCUT2D eigenvalue weighted by molar-refractivity contribution is 0.155. The van der Waals surface area contributed by atoms with E-state index in [1.54, 1.807) is 6.07 Å². The summed E-state index contributed by atoms with van der Waals surface area (Å²) in [6, 6.07) is 11.1. The van der Waals surface area contributed by atoms with E-state index >= 15 is 0 Å². The Morgan fingerprint density at radius 1 is 1.26 bits per heavy atom. The fourth-order valence-corrected chi connectivity index (χ4v) is 2.71. The van der Waals surface area contributed by atoms with E-state index in [2.05, 4.69) is 4.98 Å². The molecule has 19 heavy (non-hydrogen) atoms. The third kappa shape index (κ3) is 2.30. The van der Waals surface area contributed by atoms with Crippen molar-refractivity contribution in [2.75, 3.05) is 0 Å². The minimum absolute atomic E-state index is 0.110. The molecular weight excluding hydrogens is 260 g/mol.